The standard InChI is InChI=1S/C20H39BNO/c1-16(2)17(3)10-9-12-21-20-14-18(4)22(15-20)13-8-6-7-11-19(5)23/h16-18,20H,6-15H2,1-5H3. The van der Waals surface area contributed by atoms with Crippen LogP contribution in [0.15, 0.2) is 0 Å². The fourth-order valence-corrected chi connectivity index (χ4v) is 3.62. The van der Waals surface area contributed by atoms with Crippen LogP contribution in [0.2, 0.25) is 12.1 Å². The normalized spacial score (nSPS) is 23.4. The van der Waals surface area contributed by atoms with Gasteiger partial charge >= 0.3 is 0 Å². The third-order valence-corrected chi connectivity index (χ3v) is 5.71. The minimum atomic E-state index is 0.334. The van der Waals surface area contributed by atoms with Crippen molar-refractivity contribution in [2.75, 3.05) is 13.1 Å². The zero-order chi connectivity index (χ0) is 17.2. The number of unbranched alkanes of at least 4 members (excludes halogenated alkanes) is 2. The summed E-state index contributed by atoms with van der Waals surface area (Å²) in [6.07, 6.45) is 9.64. The van der Waals surface area contributed by atoms with Crippen molar-refractivity contribution in [1.82, 2.24) is 4.90 Å². The Morgan fingerprint density at radius 1 is 1.17 bits per heavy atom. The number of ketones is 1. The molecular formula is C20H39BNO. The topological polar surface area (TPSA) is 20.3 Å². The third kappa shape index (κ3) is 8.93. The van der Waals surface area contributed by atoms with Crippen molar-refractivity contribution in [2.24, 2.45) is 11.8 Å². The maximum absolute atomic E-state index is 10.9. The van der Waals surface area contributed by atoms with Gasteiger partial charge in [0.2, 0.25) is 0 Å². The first kappa shape index (κ1) is 20.7. The molecule has 1 aliphatic heterocycles. The highest BCUT2D eigenvalue weighted by molar-refractivity contribution is 6.37. The third-order valence-electron chi connectivity index (χ3n) is 5.71. The molecule has 0 aromatic carbocycles. The van der Waals surface area contributed by atoms with Crippen molar-refractivity contribution >= 4 is 13.1 Å². The van der Waals surface area contributed by atoms with E-state index in [0.29, 0.717) is 5.78 Å². The molecule has 1 saturated heterocycles. The van der Waals surface area contributed by atoms with Gasteiger partial charge < -0.3 is 9.69 Å². The number of carbonyl (C=O) groups is 1. The van der Waals surface area contributed by atoms with Gasteiger partial charge in [0.05, 0.1) is 0 Å². The van der Waals surface area contributed by atoms with E-state index >= 15 is 0 Å². The van der Waals surface area contributed by atoms with Gasteiger partial charge in [0, 0.05) is 12.5 Å². The molecule has 0 bridgehead atoms. The number of Topliss-reactive ketones (excluding diaryl/α,β-unsaturated/α-hetero) is 1. The largest absolute Gasteiger partial charge is 0.301 e. The molecule has 0 N–H and O–H groups in total. The SMILES string of the molecule is CC(=O)CCCCCN1CC([B]CCCC(C)C(C)C)CC1C. The van der Waals surface area contributed by atoms with Crippen LogP contribution in [0, 0.1) is 11.8 Å². The summed E-state index contributed by atoms with van der Waals surface area (Å²) in [5.41, 5.74) is 0. The minimum Gasteiger partial charge on any atom is -0.301 e. The smallest absolute Gasteiger partial charge is 0.129 e. The number of likely N-dealkylation sites (tertiary alicyclic amines) is 1. The maximum Gasteiger partial charge on any atom is 0.129 e. The van der Waals surface area contributed by atoms with E-state index in [1.165, 1.54) is 51.5 Å². The van der Waals surface area contributed by atoms with Crippen molar-refractivity contribution < 1.29 is 4.79 Å². The van der Waals surface area contributed by atoms with Gasteiger partial charge in [-0.05, 0) is 58.0 Å². The van der Waals surface area contributed by atoms with Crippen LogP contribution in [-0.2, 0) is 4.79 Å². The average Bonchev–Trinajstić information content (AvgIpc) is 2.83. The van der Waals surface area contributed by atoms with E-state index in [1.807, 2.05) is 0 Å². The van der Waals surface area contributed by atoms with Gasteiger partial charge in [0.1, 0.15) is 13.1 Å². The van der Waals surface area contributed by atoms with E-state index < -0.39 is 0 Å². The molecule has 23 heavy (non-hydrogen) atoms. The van der Waals surface area contributed by atoms with E-state index in [4.69, 9.17) is 0 Å². The number of rotatable bonds is 12. The zero-order valence-corrected chi connectivity index (χ0v) is 16.3. The zero-order valence-electron chi connectivity index (χ0n) is 16.3. The van der Waals surface area contributed by atoms with Crippen LogP contribution in [-0.4, -0.2) is 37.1 Å². The molecule has 0 aliphatic carbocycles. The lowest BCUT2D eigenvalue weighted by Gasteiger charge is -2.20. The number of hydrogen-bond acceptors (Lipinski definition) is 2. The molecule has 3 atom stereocenters. The van der Waals surface area contributed by atoms with E-state index in [0.717, 1.165) is 36.5 Å². The molecule has 0 amide bonds. The van der Waals surface area contributed by atoms with Crippen LogP contribution in [0.5, 0.6) is 0 Å². The van der Waals surface area contributed by atoms with Gasteiger partial charge in [-0.25, -0.2) is 0 Å². The summed E-state index contributed by atoms with van der Waals surface area (Å²) >= 11 is 0. The van der Waals surface area contributed by atoms with Crippen LogP contribution in [0.1, 0.15) is 79.6 Å². The highest BCUT2D eigenvalue weighted by Crippen LogP contribution is 2.29. The van der Waals surface area contributed by atoms with Crippen LogP contribution in [0.4, 0.5) is 0 Å². The Bertz CT molecular complexity index is 332. The Hall–Kier alpha value is -0.305. The fraction of sp³-hybridized carbons (Fsp3) is 0.950. The first-order valence-corrected chi connectivity index (χ1v) is 9.97. The lowest BCUT2D eigenvalue weighted by molar-refractivity contribution is -0.117. The van der Waals surface area contributed by atoms with Crippen molar-refractivity contribution in [3.8, 4) is 0 Å². The summed E-state index contributed by atoms with van der Waals surface area (Å²) in [5, 5.41) is 0. The lowest BCUT2D eigenvalue weighted by Crippen LogP contribution is -2.28. The van der Waals surface area contributed by atoms with Crippen LogP contribution in [0.3, 0.4) is 0 Å². The summed E-state index contributed by atoms with van der Waals surface area (Å²) in [5.74, 6) is 2.81. The van der Waals surface area contributed by atoms with Gasteiger partial charge in [-0.15, -0.1) is 0 Å². The van der Waals surface area contributed by atoms with Gasteiger partial charge in [0.25, 0.3) is 0 Å². The minimum absolute atomic E-state index is 0.334. The van der Waals surface area contributed by atoms with Crippen molar-refractivity contribution in [1.29, 1.82) is 0 Å². The molecule has 1 heterocycles. The fourth-order valence-electron chi connectivity index (χ4n) is 3.62. The first-order chi connectivity index (χ1) is 10.9. The van der Waals surface area contributed by atoms with Crippen molar-refractivity contribution in [3.63, 3.8) is 0 Å². The number of carbonyl (C=O) groups excluding carboxylic acids is 1. The molecule has 2 nitrogen and oxygen atoms in total. The summed E-state index contributed by atoms with van der Waals surface area (Å²) in [4.78, 5) is 13.6. The summed E-state index contributed by atoms with van der Waals surface area (Å²) in [6, 6.07) is 0.735. The molecular weight excluding hydrogens is 281 g/mol. The molecule has 3 unspecified atom stereocenters. The van der Waals surface area contributed by atoms with E-state index in [1.54, 1.807) is 6.92 Å². The average molecular weight is 320 g/mol. The number of hydrogen-bond donors (Lipinski definition) is 0. The number of nitrogens with zero attached hydrogens (tertiary/aromatic N) is 1. The molecule has 0 spiro atoms. The molecule has 133 valence electrons. The second kappa shape index (κ2) is 11.3. The Morgan fingerprint density at radius 2 is 1.91 bits per heavy atom. The Kier molecular flexibility index (Phi) is 10.2. The van der Waals surface area contributed by atoms with Gasteiger partial charge in [0.15, 0.2) is 0 Å². The summed E-state index contributed by atoms with van der Waals surface area (Å²) in [6.45, 7) is 13.6. The molecule has 0 aromatic heterocycles. The molecule has 1 aliphatic rings. The monoisotopic (exact) mass is 320 g/mol. The van der Waals surface area contributed by atoms with E-state index in [9.17, 15) is 4.79 Å². The molecule has 3 heteroatoms. The maximum atomic E-state index is 10.9. The highest BCUT2D eigenvalue weighted by atomic mass is 16.1. The predicted octanol–water partition coefficient (Wildman–Crippen LogP) is 5.21. The Balaban J connectivity index is 2.09. The second-order valence-corrected chi connectivity index (χ2v) is 8.24. The van der Waals surface area contributed by atoms with Crippen molar-refractivity contribution in [2.45, 2.75) is 97.7 Å². The lowest BCUT2D eigenvalue weighted by atomic mass is 9.60. The first-order valence-electron chi connectivity index (χ1n) is 9.97. The van der Waals surface area contributed by atoms with Crippen LogP contribution >= 0.6 is 0 Å². The highest BCUT2D eigenvalue weighted by Gasteiger charge is 2.28. The van der Waals surface area contributed by atoms with Crippen LogP contribution in [0.25, 0.3) is 0 Å². The molecule has 0 saturated carbocycles. The van der Waals surface area contributed by atoms with Crippen LogP contribution < -0.4 is 0 Å². The summed E-state index contributed by atoms with van der Waals surface area (Å²) in [7, 11) is 2.60. The molecule has 1 fully saturated rings. The quantitative estimate of drug-likeness (QED) is 0.363. The van der Waals surface area contributed by atoms with Gasteiger partial charge in [-0.1, -0.05) is 52.2 Å². The predicted molar refractivity (Wildman–Crippen MR) is 102 cm³/mol. The Morgan fingerprint density at radius 3 is 2.57 bits per heavy atom. The van der Waals surface area contributed by atoms with E-state index in [2.05, 4.69) is 39.9 Å². The molecule has 0 aromatic rings. The second-order valence-electron chi connectivity index (χ2n) is 8.24. The van der Waals surface area contributed by atoms with Gasteiger partial charge in [-0.2, -0.15) is 0 Å². The molecule has 1 radical (unpaired) electrons. The van der Waals surface area contributed by atoms with E-state index in [-0.39, 0.29) is 0 Å². The van der Waals surface area contributed by atoms with Crippen molar-refractivity contribution in [3.05, 3.63) is 0 Å². The summed E-state index contributed by atoms with van der Waals surface area (Å²) < 4.78 is 0. The Labute approximate surface area is 146 Å². The van der Waals surface area contributed by atoms with Gasteiger partial charge in [-0.3, -0.25) is 0 Å². The molecule has 1 rings (SSSR count).